The normalized spacial score (nSPS) is 10.9. The zero-order chi connectivity index (χ0) is 47.8. The van der Waals surface area contributed by atoms with E-state index in [1.165, 1.54) is 36.5 Å². The molecule has 5 aromatic carbocycles. The first-order valence-corrected chi connectivity index (χ1v) is 23.4. The molecule has 0 saturated heterocycles. The zero-order valence-corrected chi connectivity index (χ0v) is 39.3. The fourth-order valence-corrected chi connectivity index (χ4v) is 6.13. The van der Waals surface area contributed by atoms with Crippen molar-refractivity contribution in [2.75, 3.05) is 33.0 Å². The average Bonchev–Trinajstić information content (AvgIpc) is 3.33. The van der Waals surface area contributed by atoms with Gasteiger partial charge in [0.1, 0.15) is 23.0 Å². The third-order valence-corrected chi connectivity index (χ3v) is 10.1. The number of aromatic hydroxyl groups is 1. The molecule has 0 radical (unpaired) electrons. The third kappa shape index (κ3) is 16.1. The minimum absolute atomic E-state index is 0.0212. The monoisotopic (exact) mass is 917 g/mol. The van der Waals surface area contributed by atoms with Crippen molar-refractivity contribution in [1.29, 1.82) is 0 Å². The van der Waals surface area contributed by atoms with Gasteiger partial charge in [-0.2, -0.15) is 0 Å². The Bertz CT molecular complexity index is 2350. The summed E-state index contributed by atoms with van der Waals surface area (Å²) in [6.07, 6.45) is 10.5. The molecular formula is C54H63NO12. The second-order valence-electron chi connectivity index (χ2n) is 15.6. The summed E-state index contributed by atoms with van der Waals surface area (Å²) in [6.45, 7) is 12.8. The molecule has 0 aromatic heterocycles. The summed E-state index contributed by atoms with van der Waals surface area (Å²) < 4.78 is 47.0. The Balaban J connectivity index is 1.35. The van der Waals surface area contributed by atoms with Crippen LogP contribution >= 0.6 is 0 Å². The van der Waals surface area contributed by atoms with Gasteiger partial charge in [-0.25, -0.2) is 14.4 Å². The van der Waals surface area contributed by atoms with Gasteiger partial charge in [-0.15, -0.1) is 0 Å². The predicted octanol–water partition coefficient (Wildman–Crippen LogP) is 12.7. The summed E-state index contributed by atoms with van der Waals surface area (Å²) in [7, 11) is 0. The third-order valence-electron chi connectivity index (χ3n) is 10.1. The second-order valence-corrected chi connectivity index (χ2v) is 15.6. The number of benzene rings is 5. The highest BCUT2D eigenvalue weighted by Crippen LogP contribution is 2.40. The quantitative estimate of drug-likeness (QED) is 0.0219. The molecule has 0 aliphatic heterocycles. The van der Waals surface area contributed by atoms with Gasteiger partial charge in [0.15, 0.2) is 23.0 Å². The lowest BCUT2D eigenvalue weighted by molar-refractivity contribution is 0.0682. The highest BCUT2D eigenvalue weighted by molar-refractivity contribution is 5.95. The molecular weight excluding hydrogens is 855 g/mol. The lowest BCUT2D eigenvalue weighted by Gasteiger charge is -2.18. The number of phenolic OH excluding ortho intramolecular Hbond substituents is 1. The molecule has 0 amide bonds. The highest BCUT2D eigenvalue weighted by atomic mass is 16.6. The minimum atomic E-state index is -0.702. The van der Waals surface area contributed by atoms with Gasteiger partial charge in [0.2, 0.25) is 5.75 Å². The molecule has 0 fully saturated rings. The van der Waals surface area contributed by atoms with Crippen molar-refractivity contribution >= 4 is 29.8 Å². The predicted molar refractivity (Wildman–Crippen MR) is 258 cm³/mol. The number of aliphatic imine (C=N–C) groups is 1. The van der Waals surface area contributed by atoms with E-state index in [1.807, 2.05) is 0 Å². The molecule has 13 heteroatoms. The molecule has 0 saturated carbocycles. The molecule has 356 valence electrons. The Morgan fingerprint density at radius 3 is 1.39 bits per heavy atom. The molecule has 0 heterocycles. The number of hydrogen-bond acceptors (Lipinski definition) is 13. The molecule has 0 aliphatic carbocycles. The summed E-state index contributed by atoms with van der Waals surface area (Å²) in [5.41, 5.74) is 1.30. The van der Waals surface area contributed by atoms with E-state index in [0.717, 1.165) is 64.2 Å². The van der Waals surface area contributed by atoms with Crippen molar-refractivity contribution in [3.8, 4) is 51.7 Å². The van der Waals surface area contributed by atoms with E-state index in [2.05, 4.69) is 39.6 Å². The van der Waals surface area contributed by atoms with Crippen LogP contribution in [0.15, 0.2) is 102 Å². The van der Waals surface area contributed by atoms with Gasteiger partial charge in [-0.3, -0.25) is 4.99 Å². The number of carbonyl (C=O) groups is 3. The van der Waals surface area contributed by atoms with Crippen LogP contribution in [0.5, 0.6) is 51.7 Å². The lowest BCUT2D eigenvalue weighted by Crippen LogP contribution is -2.12. The SMILES string of the molecule is CCCCOc1ccc(C(=O)Oc2ccc(N=Cc3ccc(OC(=O)c4cc(OCCCC)c(OCCCC)c(OCCCC)c4)cc3O)cc2OC(=O)c2ccc(OCCCC)cc2)cc1. The molecule has 0 unspecified atom stereocenters. The first-order valence-electron chi connectivity index (χ1n) is 23.4. The van der Waals surface area contributed by atoms with Crippen molar-refractivity contribution in [2.24, 2.45) is 4.99 Å². The van der Waals surface area contributed by atoms with Crippen molar-refractivity contribution in [1.82, 2.24) is 0 Å². The maximum Gasteiger partial charge on any atom is 0.343 e. The molecule has 5 aromatic rings. The van der Waals surface area contributed by atoms with E-state index in [-0.39, 0.29) is 39.7 Å². The van der Waals surface area contributed by atoms with Crippen LogP contribution in [0.3, 0.4) is 0 Å². The standard InChI is InChI=1S/C54H63NO12/c1-6-11-28-60-43-22-16-38(17-23-43)52(57)66-47-27-21-42(35-48(47)67-53(58)39-18-24-44(25-19-39)61-29-12-7-2)55-37-40-20-26-45(36-46(40)56)65-54(59)41-33-49(62-30-13-8-3)51(64-32-15-10-5)50(34-41)63-31-14-9-4/h16-27,33-37,56H,6-15,28-32H2,1-5H3. The van der Waals surface area contributed by atoms with Crippen LogP contribution in [-0.2, 0) is 0 Å². The molecule has 0 bridgehead atoms. The van der Waals surface area contributed by atoms with Gasteiger partial charge < -0.3 is 43.0 Å². The molecule has 13 nitrogen and oxygen atoms in total. The van der Waals surface area contributed by atoms with Gasteiger partial charge in [0.25, 0.3) is 0 Å². The fraction of sp³-hybridized carbons (Fsp3) is 0.370. The van der Waals surface area contributed by atoms with E-state index >= 15 is 0 Å². The summed E-state index contributed by atoms with van der Waals surface area (Å²) in [4.78, 5) is 44.8. The smallest absolute Gasteiger partial charge is 0.343 e. The summed E-state index contributed by atoms with van der Waals surface area (Å²) >= 11 is 0. The summed E-state index contributed by atoms with van der Waals surface area (Å²) in [5.74, 6) is 0.196. The summed E-state index contributed by atoms with van der Waals surface area (Å²) in [6, 6.07) is 25.1. The first kappa shape index (κ1) is 51.0. The number of carbonyl (C=O) groups excluding carboxylic acids is 3. The number of hydrogen-bond donors (Lipinski definition) is 1. The van der Waals surface area contributed by atoms with Crippen molar-refractivity contribution in [3.63, 3.8) is 0 Å². The van der Waals surface area contributed by atoms with E-state index in [9.17, 15) is 19.5 Å². The van der Waals surface area contributed by atoms with Crippen LogP contribution in [-0.4, -0.2) is 62.3 Å². The molecule has 0 spiro atoms. The van der Waals surface area contributed by atoms with Crippen LogP contribution in [0, 0.1) is 0 Å². The van der Waals surface area contributed by atoms with Gasteiger partial charge in [-0.1, -0.05) is 66.7 Å². The van der Waals surface area contributed by atoms with Crippen LogP contribution in [0.25, 0.3) is 0 Å². The Morgan fingerprint density at radius 1 is 0.448 bits per heavy atom. The maximum atomic E-state index is 13.6. The number of unbranched alkanes of at least 4 members (excludes halogenated alkanes) is 5. The van der Waals surface area contributed by atoms with Crippen LogP contribution in [0.1, 0.15) is 135 Å². The average molecular weight is 918 g/mol. The Kier molecular flexibility index (Phi) is 20.9. The number of rotatable bonds is 28. The van der Waals surface area contributed by atoms with Gasteiger partial charge in [0, 0.05) is 23.9 Å². The number of phenols is 1. The highest BCUT2D eigenvalue weighted by Gasteiger charge is 2.22. The van der Waals surface area contributed by atoms with Gasteiger partial charge in [0.05, 0.1) is 55.4 Å². The Morgan fingerprint density at radius 2 is 0.896 bits per heavy atom. The van der Waals surface area contributed by atoms with E-state index in [0.29, 0.717) is 73.0 Å². The lowest BCUT2D eigenvalue weighted by atomic mass is 10.1. The van der Waals surface area contributed by atoms with Crippen molar-refractivity contribution < 1.29 is 57.4 Å². The van der Waals surface area contributed by atoms with Crippen LogP contribution < -0.4 is 37.9 Å². The van der Waals surface area contributed by atoms with E-state index in [4.69, 9.17) is 37.9 Å². The molecule has 0 aliphatic rings. The van der Waals surface area contributed by atoms with Crippen molar-refractivity contribution in [3.05, 3.63) is 119 Å². The largest absolute Gasteiger partial charge is 0.507 e. The van der Waals surface area contributed by atoms with Gasteiger partial charge >= 0.3 is 17.9 Å². The van der Waals surface area contributed by atoms with Crippen molar-refractivity contribution in [2.45, 2.75) is 98.8 Å². The Hall–Kier alpha value is -7.02. The van der Waals surface area contributed by atoms with Gasteiger partial charge in [-0.05, 0) is 117 Å². The number of esters is 3. The van der Waals surface area contributed by atoms with E-state index in [1.54, 1.807) is 66.7 Å². The first-order chi connectivity index (χ1) is 32.7. The number of ether oxygens (including phenoxy) is 8. The maximum absolute atomic E-state index is 13.6. The molecule has 1 N–H and O–H groups in total. The van der Waals surface area contributed by atoms with Crippen LogP contribution in [0.4, 0.5) is 5.69 Å². The summed E-state index contributed by atoms with van der Waals surface area (Å²) in [5, 5.41) is 11.0. The van der Waals surface area contributed by atoms with E-state index < -0.39 is 17.9 Å². The molecule has 67 heavy (non-hydrogen) atoms. The van der Waals surface area contributed by atoms with Crippen LogP contribution in [0.2, 0.25) is 0 Å². The minimum Gasteiger partial charge on any atom is -0.507 e. The zero-order valence-electron chi connectivity index (χ0n) is 39.3. The Labute approximate surface area is 394 Å². The number of nitrogens with zero attached hydrogens (tertiary/aromatic N) is 1. The molecule has 5 rings (SSSR count). The fourth-order valence-electron chi connectivity index (χ4n) is 6.13. The second kappa shape index (κ2) is 27.5. The topological polar surface area (TPSA) is 158 Å². The molecule has 0 atom stereocenters.